The van der Waals surface area contributed by atoms with E-state index in [1.807, 2.05) is 31.4 Å². The molecule has 1 atom stereocenters. The van der Waals surface area contributed by atoms with E-state index in [0.717, 1.165) is 11.3 Å². The molecule has 0 saturated carbocycles. The van der Waals surface area contributed by atoms with E-state index in [4.69, 9.17) is 5.84 Å². The van der Waals surface area contributed by atoms with Crippen LogP contribution in [0.2, 0.25) is 0 Å². The van der Waals surface area contributed by atoms with Crippen LogP contribution in [-0.4, -0.2) is 14.8 Å². The van der Waals surface area contributed by atoms with Crippen molar-refractivity contribution in [3.05, 3.63) is 48.0 Å². The molecule has 2 aromatic rings. The molecule has 0 aliphatic carbocycles. The highest BCUT2D eigenvalue weighted by atomic mass is 15.3. The van der Waals surface area contributed by atoms with E-state index in [0.29, 0.717) is 0 Å². The van der Waals surface area contributed by atoms with Crippen LogP contribution in [-0.2, 0) is 7.05 Å². The fourth-order valence-electron chi connectivity index (χ4n) is 1.50. The Morgan fingerprint density at radius 2 is 2.07 bits per heavy atom. The van der Waals surface area contributed by atoms with Crippen LogP contribution in [0.15, 0.2) is 36.8 Å². The van der Waals surface area contributed by atoms with Gasteiger partial charge < -0.3 is 0 Å². The van der Waals surface area contributed by atoms with Gasteiger partial charge in [0.1, 0.15) is 0 Å². The number of aryl methyl sites for hydroxylation is 1. The number of aromatic nitrogens is 3. The lowest BCUT2D eigenvalue weighted by Gasteiger charge is -2.13. The number of rotatable bonds is 3. The van der Waals surface area contributed by atoms with Gasteiger partial charge in [-0.3, -0.25) is 15.5 Å². The summed E-state index contributed by atoms with van der Waals surface area (Å²) in [6.45, 7) is 0. The molecule has 0 bridgehead atoms. The second-order valence-electron chi connectivity index (χ2n) is 3.29. The number of hydrazine groups is 1. The third-order valence-electron chi connectivity index (χ3n) is 2.24. The van der Waals surface area contributed by atoms with E-state index in [1.54, 1.807) is 17.1 Å². The molecule has 0 radical (unpaired) electrons. The van der Waals surface area contributed by atoms with Crippen molar-refractivity contribution in [2.75, 3.05) is 0 Å². The van der Waals surface area contributed by atoms with Gasteiger partial charge in [0.25, 0.3) is 0 Å². The molecule has 78 valence electrons. The number of nitrogens with one attached hydrogen (secondary N) is 1. The maximum Gasteiger partial charge on any atom is 0.0901 e. The zero-order valence-corrected chi connectivity index (χ0v) is 8.46. The maximum atomic E-state index is 5.53. The van der Waals surface area contributed by atoms with Crippen molar-refractivity contribution < 1.29 is 0 Å². The Morgan fingerprint density at radius 1 is 1.33 bits per heavy atom. The summed E-state index contributed by atoms with van der Waals surface area (Å²) in [5.41, 5.74) is 4.69. The third-order valence-corrected chi connectivity index (χ3v) is 2.24. The zero-order valence-electron chi connectivity index (χ0n) is 8.46. The second kappa shape index (κ2) is 4.20. The Bertz CT molecular complexity index is 422. The van der Waals surface area contributed by atoms with Crippen LogP contribution in [0.3, 0.4) is 0 Å². The molecule has 5 nitrogen and oxygen atoms in total. The molecule has 2 rings (SSSR count). The monoisotopic (exact) mass is 203 g/mol. The number of nitrogens with zero attached hydrogens (tertiary/aromatic N) is 3. The van der Waals surface area contributed by atoms with E-state index >= 15 is 0 Å². The Balaban J connectivity index is 2.33. The summed E-state index contributed by atoms with van der Waals surface area (Å²) in [5.74, 6) is 5.53. The molecule has 2 aromatic heterocycles. The molecule has 0 aliphatic heterocycles. The van der Waals surface area contributed by atoms with E-state index in [-0.39, 0.29) is 6.04 Å². The first-order valence-electron chi connectivity index (χ1n) is 4.67. The summed E-state index contributed by atoms with van der Waals surface area (Å²) < 4.78 is 1.75. The van der Waals surface area contributed by atoms with Gasteiger partial charge in [0, 0.05) is 25.6 Å². The van der Waals surface area contributed by atoms with Crippen LogP contribution in [0.5, 0.6) is 0 Å². The predicted molar refractivity (Wildman–Crippen MR) is 56.6 cm³/mol. The summed E-state index contributed by atoms with van der Waals surface area (Å²) in [6, 6.07) is 5.68. The molecule has 0 amide bonds. The fraction of sp³-hybridized carbons (Fsp3) is 0.200. The normalized spacial score (nSPS) is 12.7. The van der Waals surface area contributed by atoms with Gasteiger partial charge in [-0.25, -0.2) is 5.43 Å². The smallest absolute Gasteiger partial charge is 0.0901 e. The molecule has 5 heteroatoms. The van der Waals surface area contributed by atoms with Gasteiger partial charge in [0.2, 0.25) is 0 Å². The van der Waals surface area contributed by atoms with Crippen molar-refractivity contribution in [1.29, 1.82) is 0 Å². The van der Waals surface area contributed by atoms with Crippen molar-refractivity contribution >= 4 is 0 Å². The van der Waals surface area contributed by atoms with Gasteiger partial charge in [-0.1, -0.05) is 0 Å². The average molecular weight is 203 g/mol. The minimum absolute atomic E-state index is 0.0887. The Labute approximate surface area is 87.9 Å². The van der Waals surface area contributed by atoms with Crippen LogP contribution < -0.4 is 11.3 Å². The summed E-state index contributed by atoms with van der Waals surface area (Å²) >= 11 is 0. The number of pyridine rings is 1. The van der Waals surface area contributed by atoms with E-state index in [2.05, 4.69) is 15.5 Å². The maximum absolute atomic E-state index is 5.53. The lowest BCUT2D eigenvalue weighted by molar-refractivity contribution is 0.603. The molecule has 15 heavy (non-hydrogen) atoms. The van der Waals surface area contributed by atoms with E-state index in [1.165, 1.54) is 0 Å². The molecule has 0 saturated heterocycles. The summed E-state index contributed by atoms with van der Waals surface area (Å²) in [5, 5.41) is 4.31. The lowest BCUT2D eigenvalue weighted by Crippen LogP contribution is -2.29. The van der Waals surface area contributed by atoms with Crippen LogP contribution in [0.25, 0.3) is 0 Å². The van der Waals surface area contributed by atoms with Gasteiger partial charge in [-0.05, 0) is 23.8 Å². The molecule has 0 spiro atoms. The minimum atomic E-state index is -0.0887. The van der Waals surface area contributed by atoms with Crippen molar-refractivity contribution in [3.63, 3.8) is 0 Å². The van der Waals surface area contributed by atoms with E-state index < -0.39 is 0 Å². The van der Waals surface area contributed by atoms with Crippen molar-refractivity contribution in [1.82, 2.24) is 20.2 Å². The molecular weight excluding hydrogens is 190 g/mol. The topological polar surface area (TPSA) is 68.8 Å². The summed E-state index contributed by atoms with van der Waals surface area (Å²) in [7, 11) is 1.88. The first-order valence-corrected chi connectivity index (χ1v) is 4.67. The number of hydrogen-bond donors (Lipinski definition) is 2. The van der Waals surface area contributed by atoms with Gasteiger partial charge in [0.15, 0.2) is 0 Å². The molecule has 3 N–H and O–H groups in total. The summed E-state index contributed by atoms with van der Waals surface area (Å²) in [4.78, 5) is 3.97. The van der Waals surface area contributed by atoms with Gasteiger partial charge in [0.05, 0.1) is 11.7 Å². The first kappa shape index (κ1) is 9.82. The Kier molecular flexibility index (Phi) is 2.75. The lowest BCUT2D eigenvalue weighted by atomic mass is 10.1. The van der Waals surface area contributed by atoms with Crippen molar-refractivity contribution in [2.24, 2.45) is 12.9 Å². The van der Waals surface area contributed by atoms with Gasteiger partial charge in [-0.2, -0.15) is 5.10 Å². The Hall–Kier alpha value is -1.72. The standard InChI is InChI=1S/C10H13N5/c1-15-7-4-9(14-15)10(13-11)8-2-5-12-6-3-8/h2-7,10,13H,11H2,1H3. The van der Waals surface area contributed by atoms with Gasteiger partial charge >= 0.3 is 0 Å². The fourth-order valence-corrected chi connectivity index (χ4v) is 1.50. The summed E-state index contributed by atoms with van der Waals surface area (Å²) in [6.07, 6.45) is 5.37. The minimum Gasteiger partial charge on any atom is -0.275 e. The molecule has 1 unspecified atom stereocenters. The SMILES string of the molecule is Cn1ccc(C(NN)c2ccncc2)n1. The van der Waals surface area contributed by atoms with E-state index in [9.17, 15) is 0 Å². The third kappa shape index (κ3) is 2.03. The predicted octanol–water partition coefficient (Wildman–Crippen LogP) is 0.368. The molecule has 2 heterocycles. The first-order chi connectivity index (χ1) is 7.31. The average Bonchev–Trinajstić information content (AvgIpc) is 2.68. The zero-order chi connectivity index (χ0) is 10.7. The van der Waals surface area contributed by atoms with Crippen LogP contribution in [0.1, 0.15) is 17.3 Å². The molecular formula is C10H13N5. The van der Waals surface area contributed by atoms with Crippen LogP contribution >= 0.6 is 0 Å². The number of nitrogens with two attached hydrogens (primary N) is 1. The molecule has 0 fully saturated rings. The largest absolute Gasteiger partial charge is 0.275 e. The van der Waals surface area contributed by atoms with Gasteiger partial charge in [-0.15, -0.1) is 0 Å². The highest BCUT2D eigenvalue weighted by Crippen LogP contribution is 2.18. The highest BCUT2D eigenvalue weighted by Gasteiger charge is 2.14. The van der Waals surface area contributed by atoms with Crippen LogP contribution in [0.4, 0.5) is 0 Å². The molecule has 0 aliphatic rings. The van der Waals surface area contributed by atoms with Crippen molar-refractivity contribution in [3.8, 4) is 0 Å². The molecule has 0 aromatic carbocycles. The van der Waals surface area contributed by atoms with Crippen molar-refractivity contribution in [2.45, 2.75) is 6.04 Å². The second-order valence-corrected chi connectivity index (χ2v) is 3.29. The Morgan fingerprint density at radius 3 is 2.60 bits per heavy atom. The quantitative estimate of drug-likeness (QED) is 0.558. The van der Waals surface area contributed by atoms with Crippen LogP contribution in [0, 0.1) is 0 Å². The highest BCUT2D eigenvalue weighted by molar-refractivity contribution is 5.24. The number of hydrogen-bond acceptors (Lipinski definition) is 4.